The normalized spacial score (nSPS) is 12.7. The topological polar surface area (TPSA) is 69.6 Å². The highest BCUT2D eigenvalue weighted by Gasteiger charge is 2.22. The Morgan fingerprint density at radius 3 is 2.94 bits per heavy atom. The van der Waals surface area contributed by atoms with Gasteiger partial charge >= 0.3 is 0 Å². The van der Waals surface area contributed by atoms with Crippen LogP contribution in [0, 0.1) is 0 Å². The molecule has 2 aromatic heterocycles. The zero-order valence-electron chi connectivity index (χ0n) is 9.18. The van der Waals surface area contributed by atoms with Crippen molar-refractivity contribution in [3.63, 3.8) is 0 Å². The molecule has 0 aliphatic heterocycles. The number of pyridine rings is 1. The first-order chi connectivity index (χ1) is 7.65. The quantitative estimate of drug-likeness (QED) is 0.778. The fraction of sp³-hybridized carbons (Fsp3) is 0.273. The maximum absolute atomic E-state index is 11.9. The van der Waals surface area contributed by atoms with Gasteiger partial charge in [-0.05, 0) is 19.1 Å². The lowest BCUT2D eigenvalue weighted by molar-refractivity contribution is 0.0966. The highest BCUT2D eigenvalue weighted by Crippen LogP contribution is 2.23. The maximum Gasteiger partial charge on any atom is 0.244 e. The second-order valence-electron chi connectivity index (χ2n) is 3.57. The number of hydrogen-bond donors (Lipinski definition) is 1. The zero-order valence-corrected chi connectivity index (χ0v) is 9.18. The Morgan fingerprint density at radius 1 is 1.56 bits per heavy atom. The van der Waals surface area contributed by atoms with E-state index in [1.54, 1.807) is 17.6 Å². The van der Waals surface area contributed by atoms with Crippen LogP contribution in [0.4, 0.5) is 0 Å². The van der Waals surface area contributed by atoms with Crippen LogP contribution < -0.4 is 10.5 Å². The Balaban J connectivity index is 2.69. The summed E-state index contributed by atoms with van der Waals surface area (Å²) < 4.78 is 6.70. The number of rotatable bonds is 3. The van der Waals surface area contributed by atoms with E-state index >= 15 is 0 Å². The van der Waals surface area contributed by atoms with Gasteiger partial charge in [-0.15, -0.1) is 5.10 Å². The van der Waals surface area contributed by atoms with Gasteiger partial charge in [0.15, 0.2) is 5.78 Å². The third-order valence-electron chi connectivity index (χ3n) is 2.36. The number of nitrogens with zero attached hydrogens (tertiary/aromatic N) is 2. The van der Waals surface area contributed by atoms with Crippen LogP contribution in [0.2, 0.25) is 0 Å². The van der Waals surface area contributed by atoms with Crippen molar-refractivity contribution in [2.45, 2.75) is 13.0 Å². The van der Waals surface area contributed by atoms with Crippen LogP contribution in [-0.2, 0) is 0 Å². The van der Waals surface area contributed by atoms with Gasteiger partial charge in [-0.1, -0.05) is 6.07 Å². The van der Waals surface area contributed by atoms with Gasteiger partial charge in [-0.2, -0.15) is 0 Å². The van der Waals surface area contributed by atoms with E-state index in [1.807, 2.05) is 18.2 Å². The van der Waals surface area contributed by atoms with E-state index in [1.165, 1.54) is 7.11 Å². The second kappa shape index (κ2) is 3.94. The molecule has 0 saturated carbocycles. The molecule has 1 unspecified atom stereocenters. The SMILES string of the molecule is COc1nn2ccccc2c1C(=O)C(C)N. The fourth-order valence-corrected chi connectivity index (χ4v) is 1.58. The monoisotopic (exact) mass is 219 g/mol. The van der Waals surface area contributed by atoms with E-state index in [4.69, 9.17) is 10.5 Å². The highest BCUT2D eigenvalue weighted by molar-refractivity contribution is 6.07. The minimum Gasteiger partial charge on any atom is -0.479 e. The Kier molecular flexibility index (Phi) is 2.62. The summed E-state index contributed by atoms with van der Waals surface area (Å²) in [6.45, 7) is 1.65. The maximum atomic E-state index is 11.9. The molecule has 0 aliphatic rings. The van der Waals surface area contributed by atoms with Gasteiger partial charge in [0.05, 0.1) is 18.7 Å². The Hall–Kier alpha value is -1.88. The molecule has 5 heteroatoms. The summed E-state index contributed by atoms with van der Waals surface area (Å²) in [5.74, 6) is 0.145. The van der Waals surface area contributed by atoms with E-state index in [2.05, 4.69) is 5.10 Å². The molecule has 0 aromatic carbocycles. The summed E-state index contributed by atoms with van der Waals surface area (Å²) >= 11 is 0. The molecular formula is C11H13N3O2. The van der Waals surface area contributed by atoms with Crippen LogP contribution in [0.15, 0.2) is 24.4 Å². The fourth-order valence-electron chi connectivity index (χ4n) is 1.58. The largest absolute Gasteiger partial charge is 0.479 e. The van der Waals surface area contributed by atoms with Crippen LogP contribution in [0.25, 0.3) is 5.52 Å². The number of nitrogens with two attached hydrogens (primary N) is 1. The van der Waals surface area contributed by atoms with E-state index in [0.29, 0.717) is 17.0 Å². The summed E-state index contributed by atoms with van der Waals surface area (Å²) in [5.41, 5.74) is 6.75. The van der Waals surface area contributed by atoms with Crippen LogP contribution in [0.1, 0.15) is 17.3 Å². The molecule has 0 saturated heterocycles. The predicted octanol–water partition coefficient (Wildman–Crippen LogP) is 0.873. The van der Waals surface area contributed by atoms with E-state index < -0.39 is 6.04 Å². The number of ketones is 1. The van der Waals surface area contributed by atoms with Gasteiger partial charge < -0.3 is 10.5 Å². The molecule has 0 bridgehead atoms. The van der Waals surface area contributed by atoms with Gasteiger partial charge in [-0.3, -0.25) is 4.79 Å². The molecule has 2 aromatic rings. The van der Waals surface area contributed by atoms with E-state index in [-0.39, 0.29) is 5.78 Å². The first kappa shape index (κ1) is 10.6. The van der Waals surface area contributed by atoms with E-state index in [0.717, 1.165) is 0 Å². The minimum absolute atomic E-state index is 0.168. The Morgan fingerprint density at radius 2 is 2.31 bits per heavy atom. The molecule has 1 atom stereocenters. The van der Waals surface area contributed by atoms with Crippen molar-refractivity contribution < 1.29 is 9.53 Å². The molecular weight excluding hydrogens is 206 g/mol. The minimum atomic E-state index is -0.567. The summed E-state index contributed by atoms with van der Waals surface area (Å²) in [6.07, 6.45) is 1.76. The molecule has 2 rings (SSSR count). The van der Waals surface area contributed by atoms with Crippen molar-refractivity contribution >= 4 is 11.3 Å². The van der Waals surface area contributed by atoms with E-state index in [9.17, 15) is 4.79 Å². The zero-order chi connectivity index (χ0) is 11.7. The smallest absolute Gasteiger partial charge is 0.244 e. The molecule has 0 radical (unpaired) electrons. The lowest BCUT2D eigenvalue weighted by Gasteiger charge is -2.03. The predicted molar refractivity (Wildman–Crippen MR) is 59.7 cm³/mol. The number of fused-ring (bicyclic) bond motifs is 1. The number of carbonyl (C=O) groups excluding carboxylic acids is 1. The Bertz CT molecular complexity index is 531. The van der Waals surface area contributed by atoms with Crippen molar-refractivity contribution in [3.8, 4) is 5.88 Å². The average Bonchev–Trinajstić information content (AvgIpc) is 2.66. The molecule has 0 spiro atoms. The number of carbonyl (C=O) groups is 1. The molecule has 2 N–H and O–H groups in total. The standard InChI is InChI=1S/C11H13N3O2/c1-7(12)10(15)9-8-5-3-4-6-14(8)13-11(9)16-2/h3-7H,12H2,1-2H3. The van der Waals surface area contributed by atoms with Gasteiger partial charge in [0.1, 0.15) is 5.56 Å². The summed E-state index contributed by atoms with van der Waals surface area (Å²) in [4.78, 5) is 11.9. The summed E-state index contributed by atoms with van der Waals surface area (Å²) in [7, 11) is 1.49. The highest BCUT2D eigenvalue weighted by atomic mass is 16.5. The third kappa shape index (κ3) is 1.55. The summed E-state index contributed by atoms with van der Waals surface area (Å²) in [6, 6.07) is 4.92. The Labute approximate surface area is 92.8 Å². The van der Waals surface area contributed by atoms with Gasteiger partial charge in [-0.25, -0.2) is 4.52 Å². The van der Waals surface area contributed by atoms with Crippen molar-refractivity contribution in [1.82, 2.24) is 9.61 Å². The average molecular weight is 219 g/mol. The van der Waals surface area contributed by atoms with Gasteiger partial charge in [0.25, 0.3) is 0 Å². The van der Waals surface area contributed by atoms with Crippen LogP contribution >= 0.6 is 0 Å². The van der Waals surface area contributed by atoms with Crippen molar-refractivity contribution in [1.29, 1.82) is 0 Å². The molecule has 5 nitrogen and oxygen atoms in total. The number of hydrogen-bond acceptors (Lipinski definition) is 4. The van der Waals surface area contributed by atoms with Crippen LogP contribution in [0.3, 0.4) is 0 Å². The van der Waals surface area contributed by atoms with Gasteiger partial charge in [0, 0.05) is 6.20 Å². The van der Waals surface area contributed by atoms with Crippen LogP contribution in [-0.4, -0.2) is 28.5 Å². The van der Waals surface area contributed by atoms with Gasteiger partial charge in [0.2, 0.25) is 5.88 Å². The number of Topliss-reactive ketones (excluding diaryl/α,β-unsaturated/α-hetero) is 1. The third-order valence-corrected chi connectivity index (χ3v) is 2.36. The number of ether oxygens (including phenoxy) is 1. The number of methoxy groups -OCH3 is 1. The lowest BCUT2D eigenvalue weighted by atomic mass is 10.1. The van der Waals surface area contributed by atoms with Crippen molar-refractivity contribution in [2.24, 2.45) is 5.73 Å². The molecule has 0 fully saturated rings. The second-order valence-corrected chi connectivity index (χ2v) is 3.57. The molecule has 0 amide bonds. The number of aromatic nitrogens is 2. The van der Waals surface area contributed by atoms with Crippen LogP contribution in [0.5, 0.6) is 5.88 Å². The first-order valence-corrected chi connectivity index (χ1v) is 4.96. The first-order valence-electron chi connectivity index (χ1n) is 4.96. The van der Waals surface area contributed by atoms with Crippen molar-refractivity contribution in [2.75, 3.05) is 7.11 Å². The molecule has 16 heavy (non-hydrogen) atoms. The molecule has 84 valence electrons. The summed E-state index contributed by atoms with van der Waals surface area (Å²) in [5, 5.41) is 4.15. The lowest BCUT2D eigenvalue weighted by Crippen LogP contribution is -2.26. The molecule has 0 aliphatic carbocycles. The molecule has 2 heterocycles. The van der Waals surface area contributed by atoms with Crippen molar-refractivity contribution in [3.05, 3.63) is 30.0 Å².